The predicted octanol–water partition coefficient (Wildman–Crippen LogP) is 3.05. The molecule has 0 saturated carbocycles. The molecule has 1 fully saturated rings. The van der Waals surface area contributed by atoms with E-state index >= 15 is 0 Å². The third kappa shape index (κ3) is 2.47. The van der Waals surface area contributed by atoms with E-state index in [4.69, 9.17) is 9.47 Å². The first-order chi connectivity index (χ1) is 8.07. The normalized spacial score (nSPS) is 23.7. The highest BCUT2D eigenvalue weighted by Crippen LogP contribution is 2.32. The van der Waals surface area contributed by atoms with Gasteiger partial charge in [-0.1, -0.05) is 0 Å². The lowest BCUT2D eigenvalue weighted by Crippen LogP contribution is -2.34. The summed E-state index contributed by atoms with van der Waals surface area (Å²) < 4.78 is 11.9. The summed E-state index contributed by atoms with van der Waals surface area (Å²) in [6, 6.07) is 5.61. The van der Waals surface area contributed by atoms with Crippen molar-refractivity contribution in [2.75, 3.05) is 13.7 Å². The highest BCUT2D eigenvalue weighted by Gasteiger charge is 2.39. The molecule has 92 valence electrons. The lowest BCUT2D eigenvalue weighted by molar-refractivity contribution is 0.0211. The molecule has 3 nitrogen and oxygen atoms in total. The van der Waals surface area contributed by atoms with Crippen LogP contribution in [0.4, 0.5) is 0 Å². The Morgan fingerprint density at radius 3 is 2.88 bits per heavy atom. The van der Waals surface area contributed by atoms with Crippen LogP contribution in [0.1, 0.15) is 30.1 Å². The highest BCUT2D eigenvalue weighted by molar-refractivity contribution is 14.1. The molecule has 0 spiro atoms. The van der Waals surface area contributed by atoms with E-state index in [2.05, 4.69) is 22.6 Å². The molecule has 0 bridgehead atoms. The maximum Gasteiger partial charge on any atom is 0.198 e. The van der Waals surface area contributed by atoms with Gasteiger partial charge in [0.05, 0.1) is 12.7 Å². The van der Waals surface area contributed by atoms with Crippen molar-refractivity contribution >= 4 is 28.4 Å². The van der Waals surface area contributed by atoms with Gasteiger partial charge in [-0.15, -0.1) is 0 Å². The van der Waals surface area contributed by atoms with E-state index in [0.717, 1.165) is 16.4 Å². The van der Waals surface area contributed by atoms with Crippen molar-refractivity contribution in [1.82, 2.24) is 0 Å². The van der Waals surface area contributed by atoms with Crippen molar-refractivity contribution in [2.24, 2.45) is 0 Å². The monoisotopic (exact) mass is 346 g/mol. The van der Waals surface area contributed by atoms with E-state index < -0.39 is 5.60 Å². The number of hydrogen-bond acceptors (Lipinski definition) is 3. The van der Waals surface area contributed by atoms with Gasteiger partial charge in [0.1, 0.15) is 11.4 Å². The molecule has 1 heterocycles. The molecule has 1 aromatic rings. The molecule has 1 unspecified atom stereocenters. The quantitative estimate of drug-likeness (QED) is 0.623. The number of rotatable bonds is 3. The van der Waals surface area contributed by atoms with Crippen LogP contribution < -0.4 is 4.74 Å². The number of benzene rings is 1. The second-order valence-electron chi connectivity index (χ2n) is 4.36. The minimum Gasteiger partial charge on any atom is -0.496 e. The van der Waals surface area contributed by atoms with Gasteiger partial charge in [-0.25, -0.2) is 0 Å². The van der Waals surface area contributed by atoms with Gasteiger partial charge in [0.2, 0.25) is 0 Å². The van der Waals surface area contributed by atoms with Gasteiger partial charge in [-0.3, -0.25) is 4.79 Å². The lowest BCUT2D eigenvalue weighted by atomic mass is 9.91. The van der Waals surface area contributed by atoms with Crippen molar-refractivity contribution in [2.45, 2.75) is 25.4 Å². The number of halogens is 1. The van der Waals surface area contributed by atoms with Crippen LogP contribution in [0.25, 0.3) is 0 Å². The minimum absolute atomic E-state index is 0.0189. The van der Waals surface area contributed by atoms with Gasteiger partial charge >= 0.3 is 0 Å². The van der Waals surface area contributed by atoms with Crippen LogP contribution in [0.3, 0.4) is 0 Å². The number of hydrogen-bond donors (Lipinski definition) is 0. The van der Waals surface area contributed by atoms with E-state index in [1.54, 1.807) is 7.11 Å². The zero-order valence-electron chi connectivity index (χ0n) is 9.96. The number of carbonyl (C=O) groups is 1. The summed E-state index contributed by atoms with van der Waals surface area (Å²) in [5, 5.41) is 0. The Morgan fingerprint density at radius 2 is 2.29 bits per heavy atom. The summed E-state index contributed by atoms with van der Waals surface area (Å²) in [6.45, 7) is 2.52. The largest absolute Gasteiger partial charge is 0.496 e. The van der Waals surface area contributed by atoms with Gasteiger partial charge in [0.25, 0.3) is 0 Å². The maximum atomic E-state index is 12.5. The van der Waals surface area contributed by atoms with E-state index in [0.29, 0.717) is 17.9 Å². The molecule has 1 atom stereocenters. The molecule has 1 aliphatic rings. The van der Waals surface area contributed by atoms with Gasteiger partial charge in [-0.05, 0) is 60.6 Å². The molecule has 1 aromatic carbocycles. The highest BCUT2D eigenvalue weighted by atomic mass is 127. The molecule has 2 rings (SSSR count). The van der Waals surface area contributed by atoms with Gasteiger partial charge in [0.15, 0.2) is 5.78 Å². The number of Topliss-reactive ketones (excluding diaryl/α,β-unsaturated/α-hetero) is 1. The van der Waals surface area contributed by atoms with E-state index in [-0.39, 0.29) is 5.78 Å². The number of carbonyl (C=O) groups excluding carboxylic acids is 1. The Labute approximate surface area is 115 Å². The van der Waals surface area contributed by atoms with Crippen LogP contribution >= 0.6 is 22.6 Å². The van der Waals surface area contributed by atoms with Crippen LogP contribution in [0.2, 0.25) is 0 Å². The van der Waals surface area contributed by atoms with Crippen LogP contribution in [-0.2, 0) is 4.74 Å². The second-order valence-corrected chi connectivity index (χ2v) is 5.60. The van der Waals surface area contributed by atoms with E-state index in [9.17, 15) is 4.79 Å². The van der Waals surface area contributed by atoms with Gasteiger partial charge in [-0.2, -0.15) is 0 Å². The molecule has 1 saturated heterocycles. The van der Waals surface area contributed by atoms with Crippen LogP contribution in [0.15, 0.2) is 18.2 Å². The minimum atomic E-state index is -0.683. The Morgan fingerprint density at radius 1 is 1.53 bits per heavy atom. The molecule has 0 N–H and O–H groups in total. The zero-order chi connectivity index (χ0) is 12.5. The van der Waals surface area contributed by atoms with E-state index in [1.807, 2.05) is 25.1 Å². The first kappa shape index (κ1) is 12.8. The third-order valence-corrected chi connectivity index (χ3v) is 3.78. The van der Waals surface area contributed by atoms with Crippen molar-refractivity contribution in [3.05, 3.63) is 27.3 Å². The lowest BCUT2D eigenvalue weighted by Gasteiger charge is -2.22. The number of ether oxygens (including phenoxy) is 2. The summed E-state index contributed by atoms with van der Waals surface area (Å²) in [5.74, 6) is 0.637. The van der Waals surface area contributed by atoms with Crippen LogP contribution in [-0.4, -0.2) is 25.1 Å². The SMILES string of the molecule is COc1ccc(I)cc1C(=O)C1(C)CCCO1. The topological polar surface area (TPSA) is 35.5 Å². The predicted molar refractivity (Wildman–Crippen MR) is 73.6 cm³/mol. The fourth-order valence-corrected chi connectivity index (χ4v) is 2.59. The molecule has 0 amide bonds. The third-order valence-electron chi connectivity index (χ3n) is 3.11. The fraction of sp³-hybridized carbons (Fsp3) is 0.462. The van der Waals surface area contributed by atoms with Gasteiger partial charge in [0, 0.05) is 10.2 Å². The van der Waals surface area contributed by atoms with Crippen LogP contribution in [0.5, 0.6) is 5.75 Å². The summed E-state index contributed by atoms with van der Waals surface area (Å²) in [6.07, 6.45) is 1.72. The van der Waals surface area contributed by atoms with E-state index in [1.165, 1.54) is 0 Å². The summed E-state index contributed by atoms with van der Waals surface area (Å²) in [4.78, 5) is 12.5. The molecule has 0 aliphatic carbocycles. The number of methoxy groups -OCH3 is 1. The Hall–Kier alpha value is -0.620. The first-order valence-electron chi connectivity index (χ1n) is 5.59. The van der Waals surface area contributed by atoms with Gasteiger partial charge < -0.3 is 9.47 Å². The van der Waals surface area contributed by atoms with Crippen molar-refractivity contribution in [3.63, 3.8) is 0 Å². The zero-order valence-corrected chi connectivity index (χ0v) is 12.1. The van der Waals surface area contributed by atoms with Crippen LogP contribution in [0, 0.1) is 3.57 Å². The number of ketones is 1. The Balaban J connectivity index is 2.39. The average Bonchev–Trinajstić information content (AvgIpc) is 2.76. The molecule has 4 heteroatoms. The summed E-state index contributed by atoms with van der Waals surface area (Å²) in [7, 11) is 1.58. The van der Waals surface area contributed by atoms with Crippen molar-refractivity contribution in [3.8, 4) is 5.75 Å². The molecule has 0 radical (unpaired) electrons. The smallest absolute Gasteiger partial charge is 0.198 e. The molecule has 1 aliphatic heterocycles. The molecular formula is C13H15IO3. The first-order valence-corrected chi connectivity index (χ1v) is 6.67. The van der Waals surface area contributed by atoms with Crippen molar-refractivity contribution in [1.29, 1.82) is 0 Å². The maximum absolute atomic E-state index is 12.5. The summed E-state index contributed by atoms with van der Waals surface area (Å²) in [5.41, 5.74) is -0.0682. The summed E-state index contributed by atoms with van der Waals surface area (Å²) >= 11 is 2.19. The second kappa shape index (κ2) is 4.94. The average molecular weight is 346 g/mol. The fourth-order valence-electron chi connectivity index (χ4n) is 2.10. The standard InChI is InChI=1S/C13H15IO3/c1-13(6-3-7-17-13)12(15)10-8-9(14)4-5-11(10)16-2/h4-5,8H,3,6-7H2,1-2H3. The molecular weight excluding hydrogens is 331 g/mol. The molecule has 17 heavy (non-hydrogen) atoms. The van der Waals surface area contributed by atoms with Crippen molar-refractivity contribution < 1.29 is 14.3 Å². The molecule has 0 aromatic heterocycles. The Kier molecular flexibility index (Phi) is 3.73. The Bertz CT molecular complexity index is 436.